The van der Waals surface area contributed by atoms with Gasteiger partial charge in [0.2, 0.25) is 0 Å². The van der Waals surface area contributed by atoms with Crippen LogP contribution in [0.15, 0.2) is 48.5 Å². The van der Waals surface area contributed by atoms with Gasteiger partial charge in [0.05, 0.1) is 6.61 Å². The lowest BCUT2D eigenvalue weighted by molar-refractivity contribution is 0.0529. The molecule has 0 amide bonds. The van der Waals surface area contributed by atoms with Crippen LogP contribution in [0.5, 0.6) is 0 Å². The van der Waals surface area contributed by atoms with Crippen molar-refractivity contribution < 1.29 is 19.4 Å². The lowest BCUT2D eigenvalue weighted by Gasteiger charge is -2.00. The molecular formula is C20H18N2O4S2. The molecule has 4 rings (SSSR count). The number of carboxylic acids is 1. The Morgan fingerprint density at radius 3 is 1.86 bits per heavy atom. The average Bonchev–Trinajstić information content (AvgIpc) is 3.17. The Bertz CT molecular complexity index is 1160. The lowest BCUT2D eigenvalue weighted by atomic mass is 10.2. The Hall–Kier alpha value is -3.10. The molecule has 0 saturated heterocycles. The number of benzene rings is 2. The molecule has 2 heterocycles. The van der Waals surface area contributed by atoms with Crippen LogP contribution in [0.25, 0.3) is 20.2 Å². The predicted octanol–water partition coefficient (Wildman–Crippen LogP) is 4.84. The second kappa shape index (κ2) is 8.28. The zero-order valence-electron chi connectivity index (χ0n) is 15.0. The number of ether oxygens (including phenoxy) is 1. The summed E-state index contributed by atoms with van der Waals surface area (Å²) in [5.74, 6) is -1.30. The minimum atomic E-state index is -0.963. The van der Waals surface area contributed by atoms with E-state index in [4.69, 9.17) is 21.3 Å². The lowest BCUT2D eigenvalue weighted by Crippen LogP contribution is -2.05. The molecule has 2 aromatic carbocycles. The molecule has 28 heavy (non-hydrogen) atoms. The van der Waals surface area contributed by atoms with Gasteiger partial charge in [0.1, 0.15) is 21.1 Å². The minimum absolute atomic E-state index is 0.223. The number of rotatable bonds is 3. The first kappa shape index (κ1) is 19.7. The molecule has 2 aromatic heterocycles. The molecule has 8 heteroatoms. The van der Waals surface area contributed by atoms with Crippen molar-refractivity contribution in [3.63, 3.8) is 0 Å². The van der Waals surface area contributed by atoms with Crippen molar-refractivity contribution in [3.05, 3.63) is 59.7 Å². The van der Waals surface area contributed by atoms with E-state index in [2.05, 4.69) is 0 Å². The number of aromatic carboxylic acids is 1. The number of hydrogen-bond donors (Lipinski definition) is 3. The molecule has 144 valence electrons. The topological polar surface area (TPSA) is 116 Å². The highest BCUT2D eigenvalue weighted by Gasteiger charge is 2.17. The van der Waals surface area contributed by atoms with E-state index in [9.17, 15) is 9.59 Å². The van der Waals surface area contributed by atoms with Crippen LogP contribution in [0.2, 0.25) is 0 Å². The van der Waals surface area contributed by atoms with Crippen molar-refractivity contribution in [1.29, 1.82) is 0 Å². The highest BCUT2D eigenvalue weighted by Crippen LogP contribution is 2.34. The summed E-state index contributed by atoms with van der Waals surface area (Å²) in [5, 5.41) is 11.4. The van der Waals surface area contributed by atoms with E-state index in [1.165, 1.54) is 22.7 Å². The van der Waals surface area contributed by atoms with Gasteiger partial charge in [-0.2, -0.15) is 0 Å². The zero-order chi connectivity index (χ0) is 20.3. The molecule has 0 aliphatic heterocycles. The van der Waals surface area contributed by atoms with Crippen LogP contribution in [-0.4, -0.2) is 23.7 Å². The van der Waals surface area contributed by atoms with Crippen LogP contribution in [0.1, 0.15) is 27.6 Å². The molecule has 0 spiro atoms. The summed E-state index contributed by atoms with van der Waals surface area (Å²) in [4.78, 5) is 22.5. The Morgan fingerprint density at radius 2 is 1.36 bits per heavy atom. The fourth-order valence-corrected chi connectivity index (χ4v) is 4.69. The second-order valence-corrected chi connectivity index (χ2v) is 7.87. The highest BCUT2D eigenvalue weighted by atomic mass is 32.1. The number of carbonyl (C=O) groups excluding carboxylic acids is 1. The van der Waals surface area contributed by atoms with Gasteiger partial charge in [-0.15, -0.1) is 22.7 Å². The molecule has 0 atom stereocenters. The number of hydrogen-bond acceptors (Lipinski definition) is 7. The van der Waals surface area contributed by atoms with E-state index in [1.54, 1.807) is 19.1 Å². The van der Waals surface area contributed by atoms with Gasteiger partial charge in [-0.05, 0) is 19.1 Å². The van der Waals surface area contributed by atoms with E-state index >= 15 is 0 Å². The van der Waals surface area contributed by atoms with E-state index in [0.29, 0.717) is 22.2 Å². The molecule has 0 fully saturated rings. The van der Waals surface area contributed by atoms with Crippen molar-refractivity contribution >= 4 is 64.8 Å². The summed E-state index contributed by atoms with van der Waals surface area (Å²) in [5.41, 5.74) is 12.1. The van der Waals surface area contributed by atoms with Gasteiger partial charge in [0, 0.05) is 20.2 Å². The van der Waals surface area contributed by atoms with Crippen molar-refractivity contribution in [1.82, 2.24) is 0 Å². The van der Waals surface area contributed by atoms with Gasteiger partial charge in [0.15, 0.2) is 0 Å². The quantitative estimate of drug-likeness (QED) is 0.413. The number of carboxylic acid groups (broad SMARTS) is 1. The number of esters is 1. The Kier molecular flexibility index (Phi) is 5.81. The summed E-state index contributed by atoms with van der Waals surface area (Å²) in [6.07, 6.45) is 0. The number of nitrogen functional groups attached to an aromatic ring is 2. The molecule has 0 radical (unpaired) electrons. The van der Waals surface area contributed by atoms with Crippen LogP contribution >= 0.6 is 22.7 Å². The van der Waals surface area contributed by atoms with Gasteiger partial charge < -0.3 is 21.3 Å². The standard InChI is InChI=1S/C11H11NO2S.C9H7NO2S/c1-2-14-11(13)9-7-5-3-4-6-8(7)15-10(9)12;10-8-7(9(11)12)5-3-1-2-4-6(5)13-8/h3-6H,2,12H2,1H3;1-4H,10H2,(H,11,12). The zero-order valence-corrected chi connectivity index (χ0v) is 16.6. The van der Waals surface area contributed by atoms with Crippen LogP contribution in [-0.2, 0) is 4.74 Å². The summed E-state index contributed by atoms with van der Waals surface area (Å²) in [6.45, 7) is 2.14. The molecule has 0 saturated carbocycles. The summed E-state index contributed by atoms with van der Waals surface area (Å²) in [7, 11) is 0. The van der Waals surface area contributed by atoms with Crippen LogP contribution in [0.4, 0.5) is 10.0 Å². The van der Waals surface area contributed by atoms with Crippen LogP contribution < -0.4 is 11.5 Å². The van der Waals surface area contributed by atoms with Gasteiger partial charge >= 0.3 is 11.9 Å². The number of thiophene rings is 2. The maximum atomic E-state index is 11.6. The van der Waals surface area contributed by atoms with Gasteiger partial charge in [-0.3, -0.25) is 0 Å². The molecule has 4 aromatic rings. The third-order valence-corrected chi connectivity index (χ3v) is 5.94. The minimum Gasteiger partial charge on any atom is -0.478 e. The number of anilines is 2. The van der Waals surface area contributed by atoms with Crippen molar-refractivity contribution in [3.8, 4) is 0 Å². The number of fused-ring (bicyclic) bond motifs is 2. The predicted molar refractivity (Wildman–Crippen MR) is 115 cm³/mol. The van der Waals surface area contributed by atoms with Gasteiger partial charge in [0.25, 0.3) is 0 Å². The largest absolute Gasteiger partial charge is 0.478 e. The fraction of sp³-hybridized carbons (Fsp3) is 0.100. The third kappa shape index (κ3) is 3.78. The average molecular weight is 415 g/mol. The van der Waals surface area contributed by atoms with Gasteiger partial charge in [-0.25, -0.2) is 9.59 Å². The monoisotopic (exact) mass is 414 g/mol. The number of nitrogens with two attached hydrogens (primary N) is 2. The molecule has 0 bridgehead atoms. The third-order valence-electron chi connectivity index (χ3n) is 3.94. The van der Waals surface area contributed by atoms with E-state index in [0.717, 1.165) is 20.2 Å². The Balaban J connectivity index is 0.000000162. The highest BCUT2D eigenvalue weighted by molar-refractivity contribution is 7.23. The molecule has 0 aliphatic carbocycles. The first-order chi connectivity index (χ1) is 13.4. The Morgan fingerprint density at radius 1 is 0.893 bits per heavy atom. The molecule has 6 nitrogen and oxygen atoms in total. The van der Waals surface area contributed by atoms with Crippen LogP contribution in [0, 0.1) is 0 Å². The fourth-order valence-electron chi connectivity index (χ4n) is 2.76. The van der Waals surface area contributed by atoms with E-state index < -0.39 is 5.97 Å². The van der Waals surface area contributed by atoms with Crippen molar-refractivity contribution in [2.75, 3.05) is 18.1 Å². The van der Waals surface area contributed by atoms with Gasteiger partial charge in [-0.1, -0.05) is 36.4 Å². The maximum absolute atomic E-state index is 11.6. The molecule has 5 N–H and O–H groups in total. The number of carbonyl (C=O) groups is 2. The molecule has 0 aliphatic rings. The Labute approximate surface area is 169 Å². The van der Waals surface area contributed by atoms with E-state index in [1.807, 2.05) is 36.4 Å². The molecule has 0 unspecified atom stereocenters. The first-order valence-corrected chi connectivity index (χ1v) is 10.0. The van der Waals surface area contributed by atoms with E-state index in [-0.39, 0.29) is 11.5 Å². The smallest absolute Gasteiger partial charge is 0.341 e. The molecular weight excluding hydrogens is 396 g/mol. The second-order valence-electron chi connectivity index (χ2n) is 5.70. The SMILES string of the molecule is CCOC(=O)c1c(N)sc2ccccc12.Nc1sc2ccccc2c1C(=O)O. The normalized spacial score (nSPS) is 10.5. The van der Waals surface area contributed by atoms with Crippen molar-refractivity contribution in [2.24, 2.45) is 0 Å². The summed E-state index contributed by atoms with van der Waals surface area (Å²) in [6, 6.07) is 14.9. The van der Waals surface area contributed by atoms with Crippen molar-refractivity contribution in [2.45, 2.75) is 6.92 Å². The first-order valence-electron chi connectivity index (χ1n) is 8.38. The summed E-state index contributed by atoms with van der Waals surface area (Å²) >= 11 is 2.71. The van der Waals surface area contributed by atoms with Crippen LogP contribution in [0.3, 0.4) is 0 Å². The maximum Gasteiger partial charge on any atom is 0.341 e. The summed E-state index contributed by atoms with van der Waals surface area (Å²) < 4.78 is 6.89.